The third kappa shape index (κ3) is 5.71. The SMILES string of the molecule is O=C(CCc1ncc(-c2ccc(Cl)cc2Cl)o1)NCCOc1ccc(F)cc1. The van der Waals surface area contributed by atoms with Crippen molar-refractivity contribution < 1.29 is 18.3 Å². The first-order chi connectivity index (χ1) is 13.5. The first-order valence-corrected chi connectivity index (χ1v) is 9.32. The number of aromatic nitrogens is 1. The number of carbonyl (C=O) groups is 1. The number of halogens is 3. The van der Waals surface area contributed by atoms with Gasteiger partial charge in [-0.05, 0) is 42.5 Å². The van der Waals surface area contributed by atoms with Gasteiger partial charge in [-0.1, -0.05) is 23.2 Å². The Hall–Kier alpha value is -2.57. The van der Waals surface area contributed by atoms with E-state index in [0.29, 0.717) is 46.0 Å². The molecule has 0 aliphatic rings. The number of nitrogens with one attached hydrogen (secondary N) is 1. The lowest BCUT2D eigenvalue weighted by Crippen LogP contribution is -2.28. The van der Waals surface area contributed by atoms with Crippen molar-refractivity contribution in [2.24, 2.45) is 0 Å². The van der Waals surface area contributed by atoms with Crippen molar-refractivity contribution in [3.8, 4) is 17.1 Å². The fourth-order valence-electron chi connectivity index (χ4n) is 2.44. The molecule has 5 nitrogen and oxygen atoms in total. The third-order valence-electron chi connectivity index (χ3n) is 3.82. The van der Waals surface area contributed by atoms with Gasteiger partial charge in [0.05, 0.1) is 17.8 Å². The maximum atomic E-state index is 12.8. The molecular formula is C20H17Cl2FN2O3. The summed E-state index contributed by atoms with van der Waals surface area (Å²) in [4.78, 5) is 16.1. The number of oxazole rings is 1. The molecular weight excluding hydrogens is 406 g/mol. The molecule has 0 unspecified atom stereocenters. The maximum Gasteiger partial charge on any atom is 0.220 e. The molecule has 0 radical (unpaired) electrons. The van der Waals surface area contributed by atoms with E-state index in [1.807, 2.05) is 0 Å². The number of aryl methyl sites for hydroxylation is 1. The smallest absolute Gasteiger partial charge is 0.220 e. The summed E-state index contributed by atoms with van der Waals surface area (Å²) in [5, 5.41) is 3.75. The number of ether oxygens (including phenoxy) is 1. The molecule has 3 rings (SSSR count). The minimum absolute atomic E-state index is 0.146. The van der Waals surface area contributed by atoms with Crippen molar-refractivity contribution in [3.05, 3.63) is 70.4 Å². The van der Waals surface area contributed by atoms with Gasteiger partial charge in [0.15, 0.2) is 11.7 Å². The van der Waals surface area contributed by atoms with Crippen molar-refractivity contribution in [2.75, 3.05) is 13.2 Å². The molecule has 1 heterocycles. The fraction of sp³-hybridized carbons (Fsp3) is 0.200. The number of nitrogens with zero attached hydrogens (tertiary/aromatic N) is 1. The number of benzene rings is 2. The van der Waals surface area contributed by atoms with Crippen LogP contribution in [-0.4, -0.2) is 24.0 Å². The Morgan fingerprint density at radius 3 is 2.71 bits per heavy atom. The van der Waals surface area contributed by atoms with E-state index in [2.05, 4.69) is 10.3 Å². The summed E-state index contributed by atoms with van der Waals surface area (Å²) < 4.78 is 23.9. The number of hydrogen-bond acceptors (Lipinski definition) is 4. The zero-order valence-electron chi connectivity index (χ0n) is 14.8. The minimum Gasteiger partial charge on any atom is -0.492 e. The Kier molecular flexibility index (Phi) is 6.90. The van der Waals surface area contributed by atoms with Gasteiger partial charge in [0.25, 0.3) is 0 Å². The van der Waals surface area contributed by atoms with Crippen LogP contribution in [0.15, 0.2) is 53.1 Å². The maximum absolute atomic E-state index is 12.8. The quantitative estimate of drug-likeness (QED) is 0.523. The molecule has 0 spiro atoms. The average Bonchev–Trinajstić information content (AvgIpc) is 3.14. The molecule has 2 aromatic carbocycles. The van der Waals surface area contributed by atoms with E-state index in [1.54, 1.807) is 24.4 Å². The molecule has 0 saturated heterocycles. The van der Waals surface area contributed by atoms with Crippen LogP contribution in [-0.2, 0) is 11.2 Å². The van der Waals surface area contributed by atoms with Gasteiger partial charge in [0.2, 0.25) is 5.91 Å². The summed E-state index contributed by atoms with van der Waals surface area (Å²) >= 11 is 12.0. The second-order valence-electron chi connectivity index (χ2n) is 5.89. The summed E-state index contributed by atoms with van der Waals surface area (Å²) in [6.45, 7) is 0.628. The highest BCUT2D eigenvalue weighted by molar-refractivity contribution is 6.36. The molecule has 146 valence electrons. The second-order valence-corrected chi connectivity index (χ2v) is 6.74. The summed E-state index contributed by atoms with van der Waals surface area (Å²) in [6.07, 6.45) is 2.15. The first kappa shape index (κ1) is 20.2. The van der Waals surface area contributed by atoms with Gasteiger partial charge < -0.3 is 14.5 Å². The predicted octanol–water partition coefficient (Wildman–Crippen LogP) is 4.92. The molecule has 0 bridgehead atoms. The topological polar surface area (TPSA) is 64.4 Å². The summed E-state index contributed by atoms with van der Waals surface area (Å²) in [6, 6.07) is 10.8. The van der Waals surface area contributed by atoms with Crippen LogP contribution in [0.5, 0.6) is 5.75 Å². The average molecular weight is 423 g/mol. The largest absolute Gasteiger partial charge is 0.492 e. The fourth-order valence-corrected chi connectivity index (χ4v) is 2.94. The number of rotatable bonds is 8. The van der Waals surface area contributed by atoms with Crippen molar-refractivity contribution in [3.63, 3.8) is 0 Å². The van der Waals surface area contributed by atoms with Gasteiger partial charge in [-0.25, -0.2) is 9.37 Å². The van der Waals surface area contributed by atoms with Crippen LogP contribution in [0.1, 0.15) is 12.3 Å². The normalized spacial score (nSPS) is 10.7. The highest BCUT2D eigenvalue weighted by atomic mass is 35.5. The molecule has 0 atom stereocenters. The highest BCUT2D eigenvalue weighted by Gasteiger charge is 2.11. The Labute approximate surface area is 171 Å². The van der Waals surface area contributed by atoms with Crippen LogP contribution in [0.3, 0.4) is 0 Å². The van der Waals surface area contributed by atoms with Crippen molar-refractivity contribution in [1.29, 1.82) is 0 Å². The molecule has 1 N–H and O–H groups in total. The lowest BCUT2D eigenvalue weighted by Gasteiger charge is -2.07. The molecule has 0 saturated carbocycles. The summed E-state index contributed by atoms with van der Waals surface area (Å²) in [5.74, 6) is 1.04. The minimum atomic E-state index is -0.325. The van der Waals surface area contributed by atoms with Gasteiger partial charge in [0, 0.05) is 23.4 Å². The summed E-state index contributed by atoms with van der Waals surface area (Å²) in [7, 11) is 0. The zero-order valence-corrected chi connectivity index (χ0v) is 16.3. The Morgan fingerprint density at radius 2 is 1.96 bits per heavy atom. The van der Waals surface area contributed by atoms with Crippen LogP contribution in [0.4, 0.5) is 4.39 Å². The lowest BCUT2D eigenvalue weighted by atomic mass is 10.2. The van der Waals surface area contributed by atoms with E-state index >= 15 is 0 Å². The third-order valence-corrected chi connectivity index (χ3v) is 4.37. The van der Waals surface area contributed by atoms with E-state index in [-0.39, 0.29) is 24.8 Å². The van der Waals surface area contributed by atoms with Gasteiger partial charge in [-0.15, -0.1) is 0 Å². The van der Waals surface area contributed by atoms with Crippen LogP contribution in [0, 0.1) is 5.82 Å². The van der Waals surface area contributed by atoms with Gasteiger partial charge in [-0.3, -0.25) is 4.79 Å². The van der Waals surface area contributed by atoms with Crippen molar-refractivity contribution in [1.82, 2.24) is 10.3 Å². The van der Waals surface area contributed by atoms with Crippen molar-refractivity contribution in [2.45, 2.75) is 12.8 Å². The Morgan fingerprint density at radius 1 is 1.18 bits per heavy atom. The van der Waals surface area contributed by atoms with E-state index in [0.717, 1.165) is 0 Å². The molecule has 1 amide bonds. The first-order valence-electron chi connectivity index (χ1n) is 8.56. The monoisotopic (exact) mass is 422 g/mol. The summed E-state index contributed by atoms with van der Waals surface area (Å²) in [5.41, 5.74) is 0.687. The highest BCUT2D eigenvalue weighted by Crippen LogP contribution is 2.30. The van der Waals surface area contributed by atoms with E-state index in [9.17, 15) is 9.18 Å². The second kappa shape index (κ2) is 9.57. The van der Waals surface area contributed by atoms with E-state index < -0.39 is 0 Å². The molecule has 1 aromatic heterocycles. The van der Waals surface area contributed by atoms with Crippen LogP contribution in [0.2, 0.25) is 10.0 Å². The molecule has 8 heteroatoms. The van der Waals surface area contributed by atoms with Crippen LogP contribution >= 0.6 is 23.2 Å². The van der Waals surface area contributed by atoms with Gasteiger partial charge >= 0.3 is 0 Å². The predicted molar refractivity (Wildman–Crippen MR) is 105 cm³/mol. The Balaban J connectivity index is 1.41. The van der Waals surface area contributed by atoms with Gasteiger partial charge in [-0.2, -0.15) is 0 Å². The number of amides is 1. The van der Waals surface area contributed by atoms with E-state index in [1.165, 1.54) is 24.3 Å². The molecule has 28 heavy (non-hydrogen) atoms. The lowest BCUT2D eigenvalue weighted by molar-refractivity contribution is -0.121. The molecule has 0 aliphatic heterocycles. The standard InChI is InChI=1S/C20H17Cl2FN2O3/c21-13-1-6-16(17(22)11-13)18-12-25-20(28-18)8-7-19(26)24-9-10-27-15-4-2-14(23)3-5-15/h1-6,11-12H,7-10H2,(H,24,26). The Bertz CT molecular complexity index is 945. The van der Waals surface area contributed by atoms with Crippen LogP contribution < -0.4 is 10.1 Å². The van der Waals surface area contributed by atoms with Crippen LogP contribution in [0.25, 0.3) is 11.3 Å². The number of carbonyl (C=O) groups excluding carboxylic acids is 1. The van der Waals surface area contributed by atoms with Gasteiger partial charge in [0.1, 0.15) is 18.2 Å². The molecule has 0 fully saturated rings. The zero-order chi connectivity index (χ0) is 19.9. The molecule has 0 aliphatic carbocycles. The molecule has 3 aromatic rings. The number of hydrogen-bond donors (Lipinski definition) is 1. The van der Waals surface area contributed by atoms with Crippen molar-refractivity contribution >= 4 is 29.1 Å². The van der Waals surface area contributed by atoms with E-state index in [4.69, 9.17) is 32.4 Å².